The van der Waals surface area contributed by atoms with Gasteiger partial charge in [-0.1, -0.05) is 120 Å². The molecular formula is C36H25ClN4O4Ti. The van der Waals surface area contributed by atoms with E-state index in [9.17, 15) is 20.4 Å². The molecule has 0 bridgehead atoms. The Morgan fingerprint density at radius 1 is 0.304 bits per heavy atom. The maximum Gasteiger partial charge on any atom is 4.00 e. The van der Waals surface area contributed by atoms with Gasteiger partial charge in [0.1, 0.15) is 0 Å². The molecule has 0 amide bonds. The molecule has 0 atom stereocenters. The molecule has 0 N–H and O–H groups in total. The van der Waals surface area contributed by atoms with Gasteiger partial charge in [-0.2, -0.15) is 0 Å². The quantitative estimate of drug-likeness (QED) is 0.190. The average Bonchev–Trinajstić information content (AvgIpc) is 3.07. The van der Waals surface area contributed by atoms with Gasteiger partial charge in [-0.25, -0.2) is 0 Å². The van der Waals surface area contributed by atoms with Crippen molar-refractivity contribution in [1.82, 2.24) is 19.9 Å². The van der Waals surface area contributed by atoms with E-state index in [2.05, 4.69) is 19.9 Å². The minimum atomic E-state index is -0.0110. The molecule has 46 heavy (non-hydrogen) atoms. The number of hydrogen-bond donors (Lipinski definition) is 0. The van der Waals surface area contributed by atoms with Gasteiger partial charge in [-0.15, -0.1) is 12.4 Å². The second-order valence-corrected chi connectivity index (χ2v) is 9.33. The van der Waals surface area contributed by atoms with Crippen LogP contribution >= 0.6 is 12.4 Å². The number of halogens is 1. The van der Waals surface area contributed by atoms with Crippen LogP contribution in [0.1, 0.15) is 0 Å². The fraction of sp³-hybridized carbons (Fsp3) is 0. The molecule has 4 aromatic carbocycles. The SMILES string of the molecule is Cl.[O-]c1cccc2cccnc12.[O-]c1cccc2cccnc12.[O-]c1cccc2cccnc12.[O-]c1cccc2cccnc12.[Ti+4]. The minimum Gasteiger partial charge on any atom is -0.871 e. The van der Waals surface area contributed by atoms with Gasteiger partial charge in [0, 0.05) is 24.8 Å². The Labute approximate surface area is 286 Å². The summed E-state index contributed by atoms with van der Waals surface area (Å²) in [6, 6.07) is 35.4. The van der Waals surface area contributed by atoms with Gasteiger partial charge in [0.15, 0.2) is 0 Å². The van der Waals surface area contributed by atoms with Crippen LogP contribution in [0.25, 0.3) is 43.6 Å². The zero-order valence-electron chi connectivity index (χ0n) is 24.2. The molecule has 224 valence electrons. The van der Waals surface area contributed by atoms with E-state index < -0.39 is 0 Å². The topological polar surface area (TPSA) is 144 Å². The summed E-state index contributed by atoms with van der Waals surface area (Å²) in [4.78, 5) is 15.9. The standard InChI is InChI=1S/4C9H7NO.ClH.Ti/c4*11-8-5-1-3-7-4-2-6-10-9(7)8;;/h4*1-6,11H;1H;/q;;;;;+4/p-4. The number of benzene rings is 4. The molecule has 0 saturated heterocycles. The van der Waals surface area contributed by atoms with E-state index in [0.717, 1.165) is 21.5 Å². The van der Waals surface area contributed by atoms with Gasteiger partial charge in [-0.05, 0) is 45.8 Å². The molecule has 10 heteroatoms. The van der Waals surface area contributed by atoms with E-state index in [0.29, 0.717) is 22.1 Å². The van der Waals surface area contributed by atoms with Crippen molar-refractivity contribution < 1.29 is 42.1 Å². The second-order valence-electron chi connectivity index (χ2n) is 9.33. The minimum absolute atomic E-state index is 0. The third-order valence-electron chi connectivity index (χ3n) is 6.38. The summed E-state index contributed by atoms with van der Waals surface area (Å²) in [5, 5.41) is 48.1. The average molecular weight is 661 g/mol. The molecule has 0 aliphatic rings. The Morgan fingerprint density at radius 2 is 0.500 bits per heavy atom. The Kier molecular flexibility index (Phi) is 13.2. The number of rotatable bonds is 0. The normalized spacial score (nSPS) is 9.74. The first-order chi connectivity index (χ1) is 21.5. The zero-order chi connectivity index (χ0) is 30.7. The molecule has 4 heterocycles. The summed E-state index contributed by atoms with van der Waals surface area (Å²) >= 11 is 0. The smallest absolute Gasteiger partial charge is 0.871 e. The van der Waals surface area contributed by atoms with E-state index >= 15 is 0 Å². The van der Waals surface area contributed by atoms with Crippen LogP contribution in [0.5, 0.6) is 23.0 Å². The molecule has 0 aliphatic carbocycles. The molecule has 0 saturated carbocycles. The van der Waals surface area contributed by atoms with Crippen LogP contribution in [0.15, 0.2) is 146 Å². The van der Waals surface area contributed by atoms with Crippen molar-refractivity contribution in [1.29, 1.82) is 0 Å². The number of para-hydroxylation sites is 4. The Morgan fingerprint density at radius 3 is 0.696 bits per heavy atom. The summed E-state index contributed by atoms with van der Waals surface area (Å²) in [6.45, 7) is 0. The number of fused-ring (bicyclic) bond motifs is 4. The van der Waals surface area contributed by atoms with Crippen molar-refractivity contribution in [2.24, 2.45) is 0 Å². The Balaban J connectivity index is 0.000000165. The molecule has 8 rings (SSSR count). The molecule has 0 spiro atoms. The van der Waals surface area contributed by atoms with Crippen molar-refractivity contribution in [2.75, 3.05) is 0 Å². The molecular weight excluding hydrogens is 636 g/mol. The van der Waals surface area contributed by atoms with E-state index in [4.69, 9.17) is 0 Å². The number of nitrogens with zero attached hydrogens (tertiary/aromatic N) is 4. The van der Waals surface area contributed by atoms with Crippen LogP contribution in [0.4, 0.5) is 0 Å². The first-order valence-electron chi connectivity index (χ1n) is 13.5. The monoisotopic (exact) mass is 660 g/mol. The van der Waals surface area contributed by atoms with Gasteiger partial charge in [0.25, 0.3) is 0 Å². The summed E-state index contributed by atoms with van der Waals surface area (Å²) in [5.41, 5.74) is 2.20. The fourth-order valence-corrected chi connectivity index (χ4v) is 4.30. The van der Waals surface area contributed by atoms with E-state index in [1.165, 1.54) is 24.3 Å². The molecule has 8 aromatic rings. The molecule has 8 nitrogen and oxygen atoms in total. The van der Waals surface area contributed by atoms with Crippen LogP contribution in [-0.4, -0.2) is 19.9 Å². The fourth-order valence-electron chi connectivity index (χ4n) is 4.30. The first-order valence-corrected chi connectivity index (χ1v) is 13.5. The third-order valence-corrected chi connectivity index (χ3v) is 6.38. The van der Waals surface area contributed by atoms with Gasteiger partial charge < -0.3 is 20.4 Å². The van der Waals surface area contributed by atoms with Crippen molar-refractivity contribution in [3.63, 3.8) is 0 Å². The predicted molar refractivity (Wildman–Crippen MR) is 172 cm³/mol. The second kappa shape index (κ2) is 17.3. The largest absolute Gasteiger partial charge is 4.00 e. The molecule has 0 radical (unpaired) electrons. The number of pyridine rings is 4. The molecule has 0 fully saturated rings. The molecule has 0 aliphatic heterocycles. The van der Waals surface area contributed by atoms with Gasteiger partial charge in [-0.3, -0.25) is 19.9 Å². The first kappa shape index (κ1) is 35.2. The van der Waals surface area contributed by atoms with Crippen molar-refractivity contribution in [2.45, 2.75) is 0 Å². The van der Waals surface area contributed by atoms with Crippen LogP contribution in [-0.2, 0) is 21.7 Å². The Hall–Kier alpha value is -5.28. The molecule has 4 aromatic heterocycles. The van der Waals surface area contributed by atoms with E-state index in [1.54, 1.807) is 49.1 Å². The summed E-state index contributed by atoms with van der Waals surface area (Å²) in [6.07, 6.45) is 6.51. The van der Waals surface area contributed by atoms with E-state index in [1.807, 2.05) is 72.8 Å². The maximum absolute atomic E-state index is 11.1. The third kappa shape index (κ3) is 8.89. The number of aromatic nitrogens is 4. The van der Waals surface area contributed by atoms with Crippen LogP contribution in [0.2, 0.25) is 0 Å². The number of hydrogen-bond acceptors (Lipinski definition) is 8. The maximum atomic E-state index is 11.1. The van der Waals surface area contributed by atoms with Gasteiger partial charge >= 0.3 is 21.7 Å². The van der Waals surface area contributed by atoms with Crippen molar-refractivity contribution in [3.8, 4) is 23.0 Å². The van der Waals surface area contributed by atoms with Gasteiger partial charge in [0.05, 0.1) is 22.1 Å². The van der Waals surface area contributed by atoms with Crippen molar-refractivity contribution in [3.05, 3.63) is 146 Å². The van der Waals surface area contributed by atoms with Crippen molar-refractivity contribution >= 4 is 56.0 Å². The zero-order valence-corrected chi connectivity index (χ0v) is 26.6. The van der Waals surface area contributed by atoms with Gasteiger partial charge in [0.2, 0.25) is 0 Å². The Bertz CT molecular complexity index is 1840. The van der Waals surface area contributed by atoms with Crippen LogP contribution < -0.4 is 20.4 Å². The van der Waals surface area contributed by atoms with Crippen LogP contribution in [0, 0.1) is 0 Å². The summed E-state index contributed by atoms with van der Waals surface area (Å²) < 4.78 is 0. The van der Waals surface area contributed by atoms with E-state index in [-0.39, 0.29) is 57.1 Å². The predicted octanol–water partition coefficient (Wildman–Crippen LogP) is 5.65. The molecule has 0 unspecified atom stereocenters. The summed E-state index contributed by atoms with van der Waals surface area (Å²) in [5.74, 6) is -0.0441. The van der Waals surface area contributed by atoms with Crippen LogP contribution in [0.3, 0.4) is 0 Å². The summed E-state index contributed by atoms with van der Waals surface area (Å²) in [7, 11) is 0.